The number of hydrogen-bond donors (Lipinski definition) is 4. The zero-order valence-corrected chi connectivity index (χ0v) is 20.4. The van der Waals surface area contributed by atoms with Crippen LogP contribution in [0.3, 0.4) is 0 Å². The molecule has 10 heteroatoms. The predicted octanol–water partition coefficient (Wildman–Crippen LogP) is 3.97. The number of H-pyrrole nitrogens is 1. The minimum absolute atomic E-state index is 0.123. The Morgan fingerprint density at radius 1 is 1.11 bits per heavy atom. The third kappa shape index (κ3) is 4.37. The molecule has 0 aliphatic carbocycles. The Balaban J connectivity index is 1.20. The molecule has 1 fully saturated rings. The standard InChI is InChI=1S/C27H28F2N8/c1-27(18-4-3-11-37(14-18)15-20-21(28)5-2-6-22(20)29)32-26(35-36-27)17-7-8-23-19(12-17)25(34-33-23)16-9-10-31-24(30)13-16/h2,5-10,12-13,18,36H,3-4,11,14-15H2,1H3,(H2,30,31)(H,32,35)(H,33,34)/t18-,27?/m1/s1. The van der Waals surface area contributed by atoms with Gasteiger partial charge in [-0.3, -0.25) is 15.4 Å². The molecule has 0 saturated carbocycles. The number of hydrazone groups is 1. The van der Waals surface area contributed by atoms with Gasteiger partial charge in [0.15, 0.2) is 5.84 Å². The van der Waals surface area contributed by atoms with E-state index in [9.17, 15) is 8.78 Å². The minimum Gasteiger partial charge on any atom is -0.384 e. The van der Waals surface area contributed by atoms with Gasteiger partial charge < -0.3 is 11.1 Å². The first kappa shape index (κ1) is 23.4. The normalized spacial score (nSPS) is 22.0. The fourth-order valence-electron chi connectivity index (χ4n) is 5.36. The zero-order chi connectivity index (χ0) is 25.6. The number of piperidine rings is 1. The molecule has 6 rings (SSSR count). The quantitative estimate of drug-likeness (QED) is 0.329. The van der Waals surface area contributed by atoms with E-state index in [4.69, 9.17) is 5.73 Å². The molecule has 1 unspecified atom stereocenters. The fraction of sp³-hybridized carbons (Fsp3) is 0.296. The number of nitrogen functional groups attached to an aromatic ring is 1. The molecule has 2 atom stereocenters. The second kappa shape index (κ2) is 9.11. The van der Waals surface area contributed by atoms with E-state index in [1.807, 2.05) is 18.2 Å². The molecular formula is C27H28F2N8. The number of rotatable bonds is 5. The number of hydrogen-bond acceptors (Lipinski definition) is 7. The Bertz CT molecular complexity index is 1480. The van der Waals surface area contributed by atoms with Crippen LogP contribution in [0.25, 0.3) is 22.2 Å². The number of nitrogens with zero attached hydrogens (tertiary/aromatic N) is 4. The molecule has 2 aromatic heterocycles. The molecule has 4 aromatic rings. The Morgan fingerprint density at radius 3 is 2.76 bits per heavy atom. The molecule has 8 nitrogen and oxygen atoms in total. The van der Waals surface area contributed by atoms with E-state index in [0.717, 1.165) is 52.9 Å². The van der Waals surface area contributed by atoms with Gasteiger partial charge in [-0.15, -0.1) is 0 Å². The van der Waals surface area contributed by atoms with Crippen LogP contribution in [0, 0.1) is 17.6 Å². The molecule has 190 valence electrons. The maximum Gasteiger partial charge on any atom is 0.155 e. The largest absolute Gasteiger partial charge is 0.384 e. The Labute approximate surface area is 213 Å². The van der Waals surface area contributed by atoms with Crippen molar-refractivity contribution >= 4 is 22.6 Å². The first-order valence-electron chi connectivity index (χ1n) is 12.4. The van der Waals surface area contributed by atoms with Crippen LogP contribution >= 0.6 is 0 Å². The highest BCUT2D eigenvalue weighted by Crippen LogP contribution is 2.31. The first-order valence-corrected chi connectivity index (χ1v) is 12.4. The molecule has 0 spiro atoms. The summed E-state index contributed by atoms with van der Waals surface area (Å²) < 4.78 is 28.5. The van der Waals surface area contributed by atoms with Gasteiger partial charge in [0.1, 0.15) is 28.8 Å². The molecular weight excluding hydrogens is 474 g/mol. The summed E-state index contributed by atoms with van der Waals surface area (Å²) in [6.45, 7) is 3.83. The van der Waals surface area contributed by atoms with Crippen molar-refractivity contribution in [1.82, 2.24) is 30.8 Å². The molecule has 2 aromatic carbocycles. The molecule has 0 radical (unpaired) electrons. The summed E-state index contributed by atoms with van der Waals surface area (Å²) in [7, 11) is 0. The highest BCUT2D eigenvalue weighted by atomic mass is 19.1. The molecule has 2 aliphatic rings. The fourth-order valence-corrected chi connectivity index (χ4v) is 5.36. The van der Waals surface area contributed by atoms with E-state index < -0.39 is 17.3 Å². The van der Waals surface area contributed by atoms with Gasteiger partial charge in [-0.2, -0.15) is 10.2 Å². The number of likely N-dealkylation sites (tertiary alicyclic amines) is 1. The Kier molecular flexibility index (Phi) is 5.75. The summed E-state index contributed by atoms with van der Waals surface area (Å²) in [5.74, 6) is 0.360. The van der Waals surface area contributed by atoms with Crippen molar-refractivity contribution in [1.29, 1.82) is 0 Å². The molecule has 1 saturated heterocycles. The number of pyridine rings is 1. The van der Waals surface area contributed by atoms with Crippen molar-refractivity contribution in [3.05, 3.63) is 77.5 Å². The van der Waals surface area contributed by atoms with Crippen molar-refractivity contribution in [2.75, 3.05) is 18.8 Å². The van der Waals surface area contributed by atoms with Crippen molar-refractivity contribution in [2.24, 2.45) is 11.0 Å². The van der Waals surface area contributed by atoms with Crippen molar-refractivity contribution in [2.45, 2.75) is 32.0 Å². The van der Waals surface area contributed by atoms with Crippen LogP contribution in [0.1, 0.15) is 30.9 Å². The maximum atomic E-state index is 14.2. The molecule has 37 heavy (non-hydrogen) atoms. The van der Waals surface area contributed by atoms with Gasteiger partial charge in [-0.1, -0.05) is 6.07 Å². The average molecular weight is 503 g/mol. The number of nitrogens with two attached hydrogens (primary N) is 1. The SMILES string of the molecule is CC1([C@@H]2CCCN(Cc3c(F)cccc3F)C2)NN=C(c2ccc3[nH]nc(-c4ccnc(N)c4)c3c2)N1. The van der Waals surface area contributed by atoms with Crippen LogP contribution in [-0.4, -0.2) is 44.7 Å². The number of benzene rings is 2. The third-order valence-electron chi connectivity index (χ3n) is 7.43. The molecule has 4 heterocycles. The summed E-state index contributed by atoms with van der Waals surface area (Å²) in [5.41, 5.74) is 12.3. The Morgan fingerprint density at radius 2 is 1.95 bits per heavy atom. The summed E-state index contributed by atoms with van der Waals surface area (Å²) in [4.78, 5) is 6.19. The lowest BCUT2D eigenvalue weighted by Crippen LogP contribution is -2.58. The second-order valence-electron chi connectivity index (χ2n) is 9.98. The van der Waals surface area contributed by atoms with Gasteiger partial charge in [-0.05, 0) is 68.8 Å². The van der Waals surface area contributed by atoms with Gasteiger partial charge in [-0.25, -0.2) is 13.8 Å². The van der Waals surface area contributed by atoms with Gasteiger partial charge in [0.2, 0.25) is 0 Å². The number of fused-ring (bicyclic) bond motifs is 1. The summed E-state index contributed by atoms with van der Waals surface area (Å²) in [6, 6.07) is 13.7. The third-order valence-corrected chi connectivity index (χ3v) is 7.43. The van der Waals surface area contributed by atoms with Crippen molar-refractivity contribution < 1.29 is 8.78 Å². The predicted molar refractivity (Wildman–Crippen MR) is 139 cm³/mol. The number of anilines is 1. The Hall–Kier alpha value is -4.05. The average Bonchev–Trinajstić information content (AvgIpc) is 3.51. The number of aromatic nitrogens is 3. The monoisotopic (exact) mass is 502 g/mol. The smallest absolute Gasteiger partial charge is 0.155 e. The summed E-state index contributed by atoms with van der Waals surface area (Å²) in [5, 5.41) is 16.7. The van der Waals surface area contributed by atoms with Crippen LogP contribution < -0.4 is 16.5 Å². The van der Waals surface area contributed by atoms with Crippen LogP contribution in [0.15, 0.2) is 59.8 Å². The van der Waals surface area contributed by atoms with Gasteiger partial charge >= 0.3 is 0 Å². The molecule has 0 amide bonds. The molecule has 0 bridgehead atoms. The van der Waals surface area contributed by atoms with Gasteiger partial charge in [0.05, 0.1) is 5.52 Å². The highest BCUT2D eigenvalue weighted by molar-refractivity contribution is 6.04. The van der Waals surface area contributed by atoms with Crippen molar-refractivity contribution in [3.63, 3.8) is 0 Å². The van der Waals surface area contributed by atoms with Gasteiger partial charge in [0, 0.05) is 47.3 Å². The minimum atomic E-state index is -0.500. The van der Waals surface area contributed by atoms with Gasteiger partial charge in [0.25, 0.3) is 0 Å². The van der Waals surface area contributed by atoms with E-state index >= 15 is 0 Å². The van der Waals surface area contributed by atoms with E-state index in [1.54, 1.807) is 12.3 Å². The lowest BCUT2D eigenvalue weighted by Gasteiger charge is -2.41. The van der Waals surface area contributed by atoms with Crippen LogP contribution in [0.4, 0.5) is 14.6 Å². The maximum absolute atomic E-state index is 14.2. The topological polar surface area (TPSA) is 107 Å². The van der Waals surface area contributed by atoms with E-state index in [1.165, 1.54) is 18.2 Å². The van der Waals surface area contributed by atoms with E-state index in [0.29, 0.717) is 12.4 Å². The number of amidine groups is 1. The highest BCUT2D eigenvalue weighted by Gasteiger charge is 2.41. The second-order valence-corrected chi connectivity index (χ2v) is 9.98. The number of aromatic amines is 1. The number of halogens is 2. The van der Waals surface area contributed by atoms with Crippen molar-refractivity contribution in [3.8, 4) is 11.3 Å². The summed E-state index contributed by atoms with van der Waals surface area (Å²) >= 11 is 0. The molecule has 5 N–H and O–H groups in total. The zero-order valence-electron chi connectivity index (χ0n) is 20.4. The van der Waals surface area contributed by atoms with E-state index in [-0.39, 0.29) is 18.0 Å². The number of nitrogens with one attached hydrogen (secondary N) is 3. The molecule has 2 aliphatic heterocycles. The summed E-state index contributed by atoms with van der Waals surface area (Å²) in [6.07, 6.45) is 3.58. The lowest BCUT2D eigenvalue weighted by molar-refractivity contribution is 0.0954. The van der Waals surface area contributed by atoms with E-state index in [2.05, 4.69) is 48.9 Å². The first-order chi connectivity index (χ1) is 17.9. The van der Waals surface area contributed by atoms with Crippen LogP contribution in [-0.2, 0) is 6.54 Å². The van der Waals surface area contributed by atoms with Crippen LogP contribution in [0.5, 0.6) is 0 Å². The van der Waals surface area contributed by atoms with Crippen LogP contribution in [0.2, 0.25) is 0 Å². The lowest BCUT2D eigenvalue weighted by atomic mass is 9.86.